The molecule has 1 aliphatic carbocycles. The Labute approximate surface area is 210 Å². The second-order valence-corrected chi connectivity index (χ2v) is 12.7. The molecule has 3 aromatic rings. The highest BCUT2D eigenvalue weighted by atomic mass is 32.2. The van der Waals surface area contributed by atoms with Crippen molar-refractivity contribution in [3.63, 3.8) is 0 Å². The van der Waals surface area contributed by atoms with Crippen molar-refractivity contribution in [3.8, 4) is 0 Å². The van der Waals surface area contributed by atoms with Crippen molar-refractivity contribution in [1.82, 2.24) is 15.0 Å². The molecular formula is C23H24F2N6O3S2. The Morgan fingerprint density at radius 3 is 2.53 bits per heavy atom. The van der Waals surface area contributed by atoms with E-state index in [1.165, 1.54) is 6.07 Å². The summed E-state index contributed by atoms with van der Waals surface area (Å²) < 4.78 is 52.1. The van der Waals surface area contributed by atoms with Gasteiger partial charge < -0.3 is 15.6 Å². The summed E-state index contributed by atoms with van der Waals surface area (Å²) in [6.07, 6.45) is 0.618. The molecule has 1 aromatic carbocycles. The molecule has 3 heterocycles. The number of benzene rings is 1. The first kappa shape index (κ1) is 24.6. The predicted octanol–water partition coefficient (Wildman–Crippen LogP) is 4.28. The fourth-order valence-electron chi connectivity index (χ4n) is 3.92. The summed E-state index contributed by atoms with van der Waals surface area (Å²) in [6.45, 7) is 5.75. The lowest BCUT2D eigenvalue weighted by Gasteiger charge is -2.14. The first-order valence-electron chi connectivity index (χ1n) is 11.1. The summed E-state index contributed by atoms with van der Waals surface area (Å²) in [7, 11) is -3.65. The highest BCUT2D eigenvalue weighted by Crippen LogP contribution is 2.49. The average Bonchev–Trinajstić information content (AvgIpc) is 3.05. The molecule has 1 fully saturated rings. The average molecular weight is 535 g/mol. The fourth-order valence-corrected chi connectivity index (χ4v) is 5.94. The van der Waals surface area contributed by atoms with Crippen molar-refractivity contribution in [2.45, 2.75) is 43.5 Å². The van der Waals surface area contributed by atoms with E-state index in [1.807, 2.05) is 13.8 Å². The molecule has 1 amide bonds. The van der Waals surface area contributed by atoms with Crippen molar-refractivity contribution >= 4 is 60.9 Å². The minimum absolute atomic E-state index is 0.0396. The molecule has 190 valence electrons. The number of aryl methyl sites for hydroxylation is 1. The summed E-state index contributed by atoms with van der Waals surface area (Å²) in [5.74, 6) is -3.85. The van der Waals surface area contributed by atoms with E-state index in [2.05, 4.69) is 30.6 Å². The number of pyridine rings is 1. The molecule has 9 nitrogen and oxygen atoms in total. The standard InChI is InChI=1S/C23H24F2N6O3S2/c1-11-26-18-15(8-17(29-19(18)27-11)30-20(32)13-9-23(13,24)25)28-14-6-5-12(7-16(14)36(4,33)34)21-31-22(2,3)10-35-21/h5-8,13H,9-10H2,1-4H3,(H3,26,27,28,29,30,32)/t13-/m1/s1. The van der Waals surface area contributed by atoms with Gasteiger partial charge in [-0.1, -0.05) is 6.07 Å². The first-order valence-corrected chi connectivity index (χ1v) is 14.0. The second kappa shape index (κ2) is 8.23. The summed E-state index contributed by atoms with van der Waals surface area (Å²) in [5, 5.41) is 6.30. The number of nitrogens with zero attached hydrogens (tertiary/aromatic N) is 3. The number of amides is 1. The molecule has 0 bridgehead atoms. The molecule has 1 aliphatic heterocycles. The van der Waals surface area contributed by atoms with Gasteiger partial charge >= 0.3 is 0 Å². The van der Waals surface area contributed by atoms with E-state index in [-0.39, 0.29) is 16.3 Å². The Hall–Kier alpha value is -3.06. The summed E-state index contributed by atoms with van der Waals surface area (Å²) in [5.41, 5.74) is 1.84. The van der Waals surface area contributed by atoms with Crippen LogP contribution in [0.3, 0.4) is 0 Å². The van der Waals surface area contributed by atoms with E-state index in [0.717, 1.165) is 17.1 Å². The monoisotopic (exact) mass is 534 g/mol. The molecule has 0 radical (unpaired) electrons. The molecule has 2 aromatic heterocycles. The number of carbonyl (C=O) groups is 1. The molecule has 2 aliphatic rings. The largest absolute Gasteiger partial charge is 0.352 e. The zero-order valence-corrected chi connectivity index (χ0v) is 21.6. The Morgan fingerprint density at radius 2 is 1.92 bits per heavy atom. The van der Waals surface area contributed by atoms with Crippen molar-refractivity contribution < 1.29 is 22.0 Å². The van der Waals surface area contributed by atoms with Crippen molar-refractivity contribution in [2.75, 3.05) is 22.6 Å². The van der Waals surface area contributed by atoms with Crippen LogP contribution in [0.25, 0.3) is 11.2 Å². The minimum atomic E-state index is -3.65. The van der Waals surface area contributed by atoms with Gasteiger partial charge in [0, 0.05) is 30.1 Å². The number of nitrogens with one attached hydrogen (secondary N) is 3. The minimum Gasteiger partial charge on any atom is -0.352 e. The summed E-state index contributed by atoms with van der Waals surface area (Å²) in [4.78, 5) is 28.6. The number of hydrogen-bond donors (Lipinski definition) is 3. The van der Waals surface area contributed by atoms with E-state index in [9.17, 15) is 22.0 Å². The smallest absolute Gasteiger partial charge is 0.260 e. The van der Waals surface area contributed by atoms with Crippen LogP contribution in [0.4, 0.5) is 26.0 Å². The fraction of sp³-hybridized carbons (Fsp3) is 0.391. The van der Waals surface area contributed by atoms with E-state index in [0.29, 0.717) is 33.9 Å². The van der Waals surface area contributed by atoms with Gasteiger partial charge in [-0.05, 0) is 32.9 Å². The number of fused-ring (bicyclic) bond motifs is 1. The highest BCUT2D eigenvalue weighted by molar-refractivity contribution is 8.14. The number of anilines is 3. The maximum absolute atomic E-state index is 13.3. The van der Waals surface area contributed by atoms with Crippen molar-refractivity contribution in [3.05, 3.63) is 35.7 Å². The van der Waals surface area contributed by atoms with Crippen LogP contribution in [0, 0.1) is 12.8 Å². The number of sulfone groups is 1. The van der Waals surface area contributed by atoms with Gasteiger partial charge in [-0.25, -0.2) is 27.2 Å². The molecule has 1 saturated carbocycles. The van der Waals surface area contributed by atoms with Crippen LogP contribution >= 0.6 is 11.8 Å². The third-order valence-corrected chi connectivity index (χ3v) is 8.42. The number of alkyl halides is 2. The van der Waals surface area contributed by atoms with Crippen LogP contribution in [0.5, 0.6) is 0 Å². The van der Waals surface area contributed by atoms with Gasteiger partial charge in [-0.3, -0.25) is 9.79 Å². The molecule has 0 saturated heterocycles. The molecular weight excluding hydrogens is 510 g/mol. The molecule has 1 atom stereocenters. The third kappa shape index (κ3) is 4.81. The van der Waals surface area contributed by atoms with Crippen LogP contribution in [0.2, 0.25) is 0 Å². The van der Waals surface area contributed by atoms with Crippen LogP contribution in [0.1, 0.15) is 31.7 Å². The van der Waals surface area contributed by atoms with Gasteiger partial charge in [-0.2, -0.15) is 0 Å². The maximum Gasteiger partial charge on any atom is 0.260 e. The van der Waals surface area contributed by atoms with Gasteiger partial charge in [0.05, 0.1) is 26.9 Å². The number of aromatic nitrogens is 3. The SMILES string of the molecule is Cc1nc2c(Nc3ccc(C4=NC(C)(C)CS4)cc3S(C)(=O)=O)cc(NC(=O)[C@H]3CC3(F)F)nc2[nH]1. The number of rotatable bonds is 6. The van der Waals surface area contributed by atoms with Gasteiger partial charge in [0.1, 0.15) is 23.1 Å². The van der Waals surface area contributed by atoms with Gasteiger partial charge in [0.2, 0.25) is 5.91 Å². The quantitative estimate of drug-likeness (QED) is 0.430. The van der Waals surface area contributed by atoms with E-state index in [1.54, 1.807) is 36.9 Å². The number of H-pyrrole nitrogens is 1. The third-order valence-electron chi connectivity index (χ3n) is 5.83. The molecule has 36 heavy (non-hydrogen) atoms. The van der Waals surface area contributed by atoms with Crippen molar-refractivity contribution in [1.29, 1.82) is 0 Å². The molecule has 3 N–H and O–H groups in total. The maximum atomic E-state index is 13.3. The van der Waals surface area contributed by atoms with Gasteiger partial charge in [0.15, 0.2) is 15.5 Å². The number of aromatic amines is 1. The normalized spacial score (nSPS) is 20.3. The number of imidazole rings is 1. The van der Waals surface area contributed by atoms with Crippen LogP contribution in [-0.4, -0.2) is 57.8 Å². The number of halogens is 2. The Morgan fingerprint density at radius 1 is 1.19 bits per heavy atom. The molecule has 0 unspecified atom stereocenters. The Balaban J connectivity index is 1.53. The van der Waals surface area contributed by atoms with E-state index < -0.39 is 34.0 Å². The zero-order valence-electron chi connectivity index (χ0n) is 19.9. The van der Waals surface area contributed by atoms with Crippen LogP contribution < -0.4 is 10.6 Å². The topological polar surface area (TPSA) is 129 Å². The first-order chi connectivity index (χ1) is 16.7. The Kier molecular flexibility index (Phi) is 5.63. The molecule has 13 heteroatoms. The Bertz CT molecular complexity index is 1550. The lowest BCUT2D eigenvalue weighted by atomic mass is 10.1. The second-order valence-electron chi connectivity index (χ2n) is 9.71. The number of hydrogen-bond acceptors (Lipinski definition) is 8. The van der Waals surface area contributed by atoms with Gasteiger partial charge in [-0.15, -0.1) is 11.8 Å². The molecule has 5 rings (SSSR count). The van der Waals surface area contributed by atoms with Crippen molar-refractivity contribution in [2.24, 2.45) is 10.9 Å². The number of thioether (sulfide) groups is 1. The summed E-state index contributed by atoms with van der Waals surface area (Å²) >= 11 is 1.57. The lowest BCUT2D eigenvalue weighted by Crippen LogP contribution is -2.18. The summed E-state index contributed by atoms with van der Waals surface area (Å²) in [6, 6.07) is 6.46. The van der Waals surface area contributed by atoms with Crippen LogP contribution in [0.15, 0.2) is 34.2 Å². The highest BCUT2D eigenvalue weighted by Gasteiger charge is 2.61. The lowest BCUT2D eigenvalue weighted by molar-refractivity contribution is -0.119. The van der Waals surface area contributed by atoms with Crippen LogP contribution in [-0.2, 0) is 14.6 Å². The zero-order chi connectivity index (χ0) is 26.0. The predicted molar refractivity (Wildman–Crippen MR) is 136 cm³/mol. The number of aliphatic imine (C=N–C) groups is 1. The number of carbonyl (C=O) groups excluding carboxylic acids is 1. The van der Waals surface area contributed by atoms with E-state index >= 15 is 0 Å². The van der Waals surface area contributed by atoms with Gasteiger partial charge in [0.25, 0.3) is 5.92 Å². The van der Waals surface area contributed by atoms with E-state index in [4.69, 9.17) is 0 Å². The molecule has 0 spiro atoms.